The molecule has 2 heterocycles. The fourth-order valence-electron chi connectivity index (χ4n) is 4.21. The van der Waals surface area contributed by atoms with Gasteiger partial charge in [0.2, 0.25) is 0 Å². The Morgan fingerprint density at radius 3 is 2.41 bits per heavy atom. The third-order valence-corrected chi connectivity index (χ3v) is 7.20. The Morgan fingerprint density at radius 2 is 1.79 bits per heavy atom. The second-order valence-electron chi connectivity index (χ2n) is 9.28. The van der Waals surface area contributed by atoms with Crippen LogP contribution in [0, 0.1) is 0 Å². The second kappa shape index (κ2) is 12.2. The van der Waals surface area contributed by atoms with Gasteiger partial charge in [0.25, 0.3) is 5.56 Å². The van der Waals surface area contributed by atoms with Crippen LogP contribution < -0.4 is 19.6 Å². The fraction of sp³-hybridized carbons (Fsp3) is 0.310. The lowest BCUT2D eigenvalue weighted by molar-refractivity contribution is -0.141. The maximum absolute atomic E-state index is 13.8. The van der Waals surface area contributed by atoms with Crippen molar-refractivity contribution in [3.05, 3.63) is 96.2 Å². The lowest BCUT2D eigenvalue weighted by Crippen LogP contribution is -2.40. The number of aliphatic carboxylic acids is 1. The number of hydrogen-bond donors (Lipinski definition) is 1. The summed E-state index contributed by atoms with van der Waals surface area (Å²) in [6.45, 7) is 5.85. The molecule has 0 bridgehead atoms. The Bertz CT molecular complexity index is 1570. The minimum Gasteiger partial charge on any atom is -0.482 e. The number of fused-ring (bicyclic) bond motifs is 1. The largest absolute Gasteiger partial charge is 0.482 e. The number of thiazole rings is 1. The smallest absolute Gasteiger partial charge is 0.341 e. The molecule has 0 aliphatic carbocycles. The topological polar surface area (TPSA) is 116 Å². The summed E-state index contributed by atoms with van der Waals surface area (Å²) in [6, 6.07) is 13.9. The molecule has 1 aliphatic heterocycles. The van der Waals surface area contributed by atoms with Gasteiger partial charge in [-0.05, 0) is 47.7 Å². The molecule has 1 unspecified atom stereocenters. The molecule has 1 atom stereocenters. The van der Waals surface area contributed by atoms with Gasteiger partial charge in [-0.3, -0.25) is 9.36 Å². The van der Waals surface area contributed by atoms with E-state index in [-0.39, 0.29) is 18.8 Å². The molecular formula is C29H30N2O7S. The maximum atomic E-state index is 13.8. The van der Waals surface area contributed by atoms with Crippen LogP contribution in [0.1, 0.15) is 49.4 Å². The Labute approximate surface area is 229 Å². The fourth-order valence-corrected chi connectivity index (χ4v) is 5.26. The summed E-state index contributed by atoms with van der Waals surface area (Å²) in [5.74, 6) is -0.867. The Morgan fingerprint density at radius 1 is 1.10 bits per heavy atom. The van der Waals surface area contributed by atoms with E-state index < -0.39 is 24.6 Å². The van der Waals surface area contributed by atoms with Crippen molar-refractivity contribution in [2.24, 2.45) is 4.99 Å². The van der Waals surface area contributed by atoms with Crippen molar-refractivity contribution in [3.63, 3.8) is 0 Å². The monoisotopic (exact) mass is 550 g/mol. The van der Waals surface area contributed by atoms with E-state index in [1.807, 2.05) is 24.3 Å². The van der Waals surface area contributed by atoms with Crippen LogP contribution >= 0.6 is 11.3 Å². The number of benzene rings is 2. The van der Waals surface area contributed by atoms with E-state index >= 15 is 0 Å². The van der Waals surface area contributed by atoms with E-state index in [0.29, 0.717) is 32.3 Å². The zero-order valence-corrected chi connectivity index (χ0v) is 23.0. The van der Waals surface area contributed by atoms with Crippen molar-refractivity contribution in [1.82, 2.24) is 4.57 Å². The highest BCUT2D eigenvalue weighted by molar-refractivity contribution is 7.07. The van der Waals surface area contributed by atoms with Crippen molar-refractivity contribution in [3.8, 4) is 5.75 Å². The number of aromatic nitrogens is 1. The van der Waals surface area contributed by atoms with Crippen molar-refractivity contribution in [2.75, 3.05) is 26.9 Å². The molecule has 1 aromatic heterocycles. The Balaban J connectivity index is 1.78. The van der Waals surface area contributed by atoms with E-state index in [1.54, 1.807) is 41.8 Å². The van der Waals surface area contributed by atoms with Crippen molar-refractivity contribution in [2.45, 2.75) is 32.7 Å². The first-order valence-electron chi connectivity index (χ1n) is 12.4. The van der Waals surface area contributed by atoms with Crippen LogP contribution in [0.4, 0.5) is 0 Å². The highest BCUT2D eigenvalue weighted by Gasteiger charge is 2.33. The minimum atomic E-state index is -1.06. The molecular weight excluding hydrogens is 520 g/mol. The minimum absolute atomic E-state index is 0.0850. The molecule has 0 saturated heterocycles. The summed E-state index contributed by atoms with van der Waals surface area (Å²) < 4.78 is 17.6. The number of allylic oxidation sites excluding steroid dienone is 1. The molecule has 3 aromatic rings. The van der Waals surface area contributed by atoms with Crippen molar-refractivity contribution in [1.29, 1.82) is 0 Å². The third-order valence-electron chi connectivity index (χ3n) is 6.22. The van der Waals surface area contributed by atoms with E-state index in [2.05, 4.69) is 18.8 Å². The first kappa shape index (κ1) is 28.0. The van der Waals surface area contributed by atoms with Gasteiger partial charge in [0, 0.05) is 7.11 Å². The predicted molar refractivity (Wildman–Crippen MR) is 147 cm³/mol. The first-order chi connectivity index (χ1) is 18.7. The van der Waals surface area contributed by atoms with Crippen molar-refractivity contribution < 1.29 is 28.9 Å². The molecule has 1 aliphatic rings. The standard InChI is InChI=1S/C29H30N2O7S/c1-17(2)20-7-9-21(10-8-20)26-25(28(35)37-14-13-36-4)18(3)30-29-31(26)27(34)23(39-29)15-19-5-11-22(12-6-19)38-16-24(32)33/h5-12,15,17,26H,13-14,16H2,1-4H3,(H,32,33). The highest BCUT2D eigenvalue weighted by Crippen LogP contribution is 2.31. The number of carboxylic acid groups (broad SMARTS) is 1. The van der Waals surface area contributed by atoms with Gasteiger partial charge in [0.05, 0.1) is 28.5 Å². The van der Waals surface area contributed by atoms with Crippen LogP contribution in [0.5, 0.6) is 5.75 Å². The average Bonchev–Trinajstić information content (AvgIpc) is 3.21. The van der Waals surface area contributed by atoms with Crippen LogP contribution in [0.15, 0.2) is 69.6 Å². The van der Waals surface area contributed by atoms with Gasteiger partial charge >= 0.3 is 11.9 Å². The van der Waals surface area contributed by atoms with Crippen LogP contribution in [-0.4, -0.2) is 48.5 Å². The van der Waals surface area contributed by atoms with Gasteiger partial charge in [-0.1, -0.05) is 61.6 Å². The SMILES string of the molecule is COCCOC(=O)C1=C(C)N=c2sc(=Cc3ccc(OCC(=O)O)cc3)c(=O)n2C1c1ccc(C(C)C)cc1. The van der Waals surface area contributed by atoms with Gasteiger partial charge in [-0.2, -0.15) is 0 Å². The molecule has 1 N–H and O–H groups in total. The predicted octanol–water partition coefficient (Wildman–Crippen LogP) is 3.01. The molecule has 204 valence electrons. The molecule has 0 radical (unpaired) electrons. The number of carboxylic acids is 1. The molecule has 9 nitrogen and oxygen atoms in total. The number of rotatable bonds is 10. The Hall–Kier alpha value is -4.02. The summed E-state index contributed by atoms with van der Waals surface area (Å²) in [6.07, 6.45) is 1.74. The lowest BCUT2D eigenvalue weighted by Gasteiger charge is -2.25. The summed E-state index contributed by atoms with van der Waals surface area (Å²) in [5.41, 5.74) is 3.17. The average molecular weight is 551 g/mol. The number of ether oxygens (including phenoxy) is 3. The van der Waals surface area contributed by atoms with Gasteiger partial charge in [-0.15, -0.1) is 0 Å². The zero-order valence-electron chi connectivity index (χ0n) is 22.2. The maximum Gasteiger partial charge on any atom is 0.341 e. The normalized spacial score (nSPS) is 15.2. The van der Waals surface area contributed by atoms with Gasteiger partial charge < -0.3 is 19.3 Å². The van der Waals surface area contributed by atoms with Crippen LogP contribution in [0.25, 0.3) is 6.08 Å². The number of hydrogen-bond acceptors (Lipinski definition) is 8. The molecule has 0 fully saturated rings. The molecule has 0 saturated carbocycles. The molecule has 0 amide bonds. The number of carbonyl (C=O) groups is 2. The van der Waals surface area contributed by atoms with E-state index in [0.717, 1.165) is 16.7 Å². The summed E-state index contributed by atoms with van der Waals surface area (Å²) in [5, 5.41) is 8.79. The number of methoxy groups -OCH3 is 1. The quantitative estimate of drug-likeness (QED) is 0.305. The summed E-state index contributed by atoms with van der Waals surface area (Å²) >= 11 is 1.23. The number of esters is 1. The summed E-state index contributed by atoms with van der Waals surface area (Å²) in [4.78, 5) is 42.8. The van der Waals surface area contributed by atoms with Crippen LogP contribution in [0.3, 0.4) is 0 Å². The highest BCUT2D eigenvalue weighted by atomic mass is 32.1. The van der Waals surface area contributed by atoms with Gasteiger partial charge in [0.15, 0.2) is 11.4 Å². The lowest BCUT2D eigenvalue weighted by atomic mass is 9.93. The third kappa shape index (κ3) is 6.35. The first-order valence-corrected chi connectivity index (χ1v) is 13.2. The molecule has 4 rings (SSSR count). The Kier molecular flexibility index (Phi) is 8.78. The molecule has 2 aromatic carbocycles. The molecule has 10 heteroatoms. The van der Waals surface area contributed by atoms with Gasteiger partial charge in [-0.25, -0.2) is 14.6 Å². The molecule has 0 spiro atoms. The number of nitrogens with zero attached hydrogens (tertiary/aromatic N) is 2. The summed E-state index contributed by atoms with van der Waals surface area (Å²) in [7, 11) is 1.53. The van der Waals surface area contributed by atoms with E-state index in [1.165, 1.54) is 18.4 Å². The molecule has 39 heavy (non-hydrogen) atoms. The van der Waals surface area contributed by atoms with Crippen LogP contribution in [0.2, 0.25) is 0 Å². The number of carbonyl (C=O) groups excluding carboxylic acids is 1. The second-order valence-corrected chi connectivity index (χ2v) is 10.3. The van der Waals surface area contributed by atoms with Crippen molar-refractivity contribution >= 4 is 29.4 Å². The van der Waals surface area contributed by atoms with Crippen LogP contribution in [-0.2, 0) is 19.1 Å². The van der Waals surface area contributed by atoms with E-state index in [4.69, 9.17) is 19.3 Å². The van der Waals surface area contributed by atoms with Gasteiger partial charge in [0.1, 0.15) is 12.4 Å². The van der Waals surface area contributed by atoms with E-state index in [9.17, 15) is 14.4 Å². The zero-order chi connectivity index (χ0) is 28.1.